The van der Waals surface area contributed by atoms with E-state index in [1.807, 2.05) is 0 Å². The molecule has 0 spiro atoms. The van der Waals surface area contributed by atoms with Crippen molar-refractivity contribution in [2.75, 3.05) is 0 Å². The van der Waals surface area contributed by atoms with Gasteiger partial charge in [0.15, 0.2) is 0 Å². The molecule has 1 aliphatic carbocycles. The molecule has 1 N–H and O–H groups in total. The van der Waals surface area contributed by atoms with E-state index < -0.39 is 0 Å². The Morgan fingerprint density at radius 3 is 2.77 bits per heavy atom. The number of rotatable bonds is 4. The van der Waals surface area contributed by atoms with Crippen molar-refractivity contribution >= 4 is 6.29 Å². The summed E-state index contributed by atoms with van der Waals surface area (Å²) in [5.41, 5.74) is -0.200. The first kappa shape index (κ1) is 10.7. The lowest BCUT2D eigenvalue weighted by molar-refractivity contribution is -0.117. The van der Waals surface area contributed by atoms with Gasteiger partial charge in [-0.3, -0.25) is 0 Å². The first-order chi connectivity index (χ1) is 6.12. The van der Waals surface area contributed by atoms with Gasteiger partial charge in [-0.15, -0.1) is 0 Å². The van der Waals surface area contributed by atoms with Gasteiger partial charge < -0.3 is 9.90 Å². The van der Waals surface area contributed by atoms with Crippen molar-refractivity contribution in [1.29, 1.82) is 0 Å². The Balaban J connectivity index is 2.57. The predicted molar refractivity (Wildman–Crippen MR) is 52.4 cm³/mol. The molecular formula is C11H20O2. The number of hydrogen-bond acceptors (Lipinski definition) is 2. The van der Waals surface area contributed by atoms with E-state index >= 15 is 0 Å². The number of carbonyl (C=O) groups is 1. The fourth-order valence-electron chi connectivity index (χ4n) is 2.55. The summed E-state index contributed by atoms with van der Waals surface area (Å²) in [6.45, 7) is 3.94. The van der Waals surface area contributed by atoms with Gasteiger partial charge in [0.1, 0.15) is 6.29 Å². The minimum atomic E-state index is -0.346. The molecule has 0 aromatic rings. The van der Waals surface area contributed by atoms with Crippen molar-refractivity contribution in [3.05, 3.63) is 0 Å². The summed E-state index contributed by atoms with van der Waals surface area (Å²) in [5.74, 6) is 0.698. The first-order valence-corrected chi connectivity index (χ1v) is 5.26. The van der Waals surface area contributed by atoms with E-state index in [0.717, 1.165) is 32.0 Å². The zero-order chi connectivity index (χ0) is 9.90. The average Bonchev–Trinajstić information content (AvgIpc) is 2.48. The van der Waals surface area contributed by atoms with Crippen LogP contribution in [0.2, 0.25) is 0 Å². The molecule has 1 saturated carbocycles. The Bertz CT molecular complexity index is 177. The largest absolute Gasteiger partial charge is 0.393 e. The van der Waals surface area contributed by atoms with Gasteiger partial charge in [-0.25, -0.2) is 0 Å². The van der Waals surface area contributed by atoms with E-state index in [0.29, 0.717) is 12.3 Å². The molecule has 0 heterocycles. The zero-order valence-electron chi connectivity index (χ0n) is 8.62. The van der Waals surface area contributed by atoms with Crippen molar-refractivity contribution in [2.24, 2.45) is 11.3 Å². The molecule has 0 bridgehead atoms. The summed E-state index contributed by atoms with van der Waals surface area (Å²) in [4.78, 5) is 11.0. The summed E-state index contributed by atoms with van der Waals surface area (Å²) in [5, 5.41) is 9.31. The topological polar surface area (TPSA) is 37.3 Å². The molecule has 0 radical (unpaired) electrons. The lowest BCUT2D eigenvalue weighted by atomic mass is 9.81. The van der Waals surface area contributed by atoms with Gasteiger partial charge in [0, 0.05) is 5.41 Å². The van der Waals surface area contributed by atoms with Crippen LogP contribution < -0.4 is 0 Å². The highest BCUT2D eigenvalue weighted by Crippen LogP contribution is 2.44. The number of aldehydes is 1. The minimum Gasteiger partial charge on any atom is -0.393 e. The third-order valence-electron chi connectivity index (χ3n) is 3.27. The monoisotopic (exact) mass is 184 g/mol. The third kappa shape index (κ3) is 2.53. The van der Waals surface area contributed by atoms with Gasteiger partial charge in [0.25, 0.3) is 0 Å². The number of hydrogen-bond donors (Lipinski definition) is 1. The Morgan fingerprint density at radius 2 is 2.38 bits per heavy atom. The Hall–Kier alpha value is -0.370. The zero-order valence-corrected chi connectivity index (χ0v) is 8.62. The molecular weight excluding hydrogens is 164 g/mol. The Kier molecular flexibility index (Phi) is 3.48. The maximum atomic E-state index is 11.0. The first-order valence-electron chi connectivity index (χ1n) is 5.26. The third-order valence-corrected chi connectivity index (χ3v) is 3.27. The Labute approximate surface area is 80.3 Å². The van der Waals surface area contributed by atoms with Gasteiger partial charge in [-0.1, -0.05) is 13.3 Å². The van der Waals surface area contributed by atoms with Crippen molar-refractivity contribution in [3.63, 3.8) is 0 Å². The summed E-state index contributed by atoms with van der Waals surface area (Å²) < 4.78 is 0. The van der Waals surface area contributed by atoms with Crippen molar-refractivity contribution in [1.82, 2.24) is 0 Å². The van der Waals surface area contributed by atoms with Gasteiger partial charge in [-0.05, 0) is 38.5 Å². The fourth-order valence-corrected chi connectivity index (χ4v) is 2.55. The van der Waals surface area contributed by atoms with Crippen LogP contribution in [-0.4, -0.2) is 17.5 Å². The van der Waals surface area contributed by atoms with Crippen molar-refractivity contribution in [3.8, 4) is 0 Å². The SMILES string of the molecule is CCC1CCC(C=O)(CC(C)O)C1. The maximum absolute atomic E-state index is 11.0. The highest BCUT2D eigenvalue weighted by molar-refractivity contribution is 5.60. The van der Waals surface area contributed by atoms with Gasteiger partial charge in [-0.2, -0.15) is 0 Å². The second kappa shape index (κ2) is 4.23. The predicted octanol–water partition coefficient (Wildman–Crippen LogP) is 2.15. The molecule has 1 aliphatic rings. The van der Waals surface area contributed by atoms with Crippen molar-refractivity contribution in [2.45, 2.75) is 52.1 Å². The molecule has 2 nitrogen and oxygen atoms in total. The van der Waals surface area contributed by atoms with Crippen LogP contribution in [0.1, 0.15) is 46.0 Å². The second-order valence-electron chi connectivity index (χ2n) is 4.55. The fraction of sp³-hybridized carbons (Fsp3) is 0.909. The average molecular weight is 184 g/mol. The van der Waals surface area contributed by atoms with Crippen LogP contribution in [0.3, 0.4) is 0 Å². The molecule has 0 aliphatic heterocycles. The smallest absolute Gasteiger partial charge is 0.126 e. The molecule has 2 heteroatoms. The van der Waals surface area contributed by atoms with Gasteiger partial charge in [0.2, 0.25) is 0 Å². The van der Waals surface area contributed by atoms with E-state index in [1.54, 1.807) is 6.92 Å². The molecule has 13 heavy (non-hydrogen) atoms. The van der Waals surface area contributed by atoms with Gasteiger partial charge in [0.05, 0.1) is 6.10 Å². The van der Waals surface area contributed by atoms with Crippen LogP contribution in [0.25, 0.3) is 0 Å². The second-order valence-corrected chi connectivity index (χ2v) is 4.55. The molecule has 0 amide bonds. The lowest BCUT2D eigenvalue weighted by Gasteiger charge is -2.23. The highest BCUT2D eigenvalue weighted by atomic mass is 16.3. The van der Waals surface area contributed by atoms with Gasteiger partial charge >= 0.3 is 0 Å². The van der Waals surface area contributed by atoms with Crippen LogP contribution in [0, 0.1) is 11.3 Å². The molecule has 0 saturated heterocycles. The summed E-state index contributed by atoms with van der Waals surface area (Å²) in [6.07, 6.45) is 5.65. The van der Waals surface area contributed by atoms with Crippen LogP contribution in [0.5, 0.6) is 0 Å². The van der Waals surface area contributed by atoms with Crippen LogP contribution in [0.15, 0.2) is 0 Å². The highest BCUT2D eigenvalue weighted by Gasteiger charge is 2.38. The van der Waals surface area contributed by atoms with E-state index in [4.69, 9.17) is 0 Å². The normalized spacial score (nSPS) is 36.1. The Morgan fingerprint density at radius 1 is 1.69 bits per heavy atom. The lowest BCUT2D eigenvalue weighted by Crippen LogP contribution is -2.24. The van der Waals surface area contributed by atoms with Crippen LogP contribution >= 0.6 is 0 Å². The molecule has 1 rings (SSSR count). The molecule has 1 fully saturated rings. The molecule has 0 aromatic heterocycles. The molecule has 0 aromatic carbocycles. The maximum Gasteiger partial charge on any atom is 0.126 e. The summed E-state index contributed by atoms with van der Waals surface area (Å²) in [7, 11) is 0. The van der Waals surface area contributed by atoms with Crippen LogP contribution in [0.4, 0.5) is 0 Å². The number of aliphatic hydroxyl groups excluding tert-OH is 1. The van der Waals surface area contributed by atoms with E-state index in [2.05, 4.69) is 6.92 Å². The standard InChI is InChI=1S/C11H20O2/c1-3-10-4-5-11(7-10,8-12)6-9(2)13/h8-10,13H,3-7H2,1-2H3. The van der Waals surface area contributed by atoms with E-state index in [-0.39, 0.29) is 11.5 Å². The van der Waals surface area contributed by atoms with Crippen molar-refractivity contribution < 1.29 is 9.90 Å². The number of carbonyl (C=O) groups excluding carboxylic acids is 1. The summed E-state index contributed by atoms with van der Waals surface area (Å²) in [6, 6.07) is 0. The van der Waals surface area contributed by atoms with Crippen LogP contribution in [-0.2, 0) is 4.79 Å². The minimum absolute atomic E-state index is 0.200. The number of aliphatic hydroxyl groups is 1. The van der Waals surface area contributed by atoms with E-state index in [1.165, 1.54) is 0 Å². The quantitative estimate of drug-likeness (QED) is 0.680. The summed E-state index contributed by atoms with van der Waals surface area (Å²) >= 11 is 0. The molecule has 3 atom stereocenters. The van der Waals surface area contributed by atoms with E-state index in [9.17, 15) is 9.90 Å². The molecule has 76 valence electrons. The molecule has 3 unspecified atom stereocenters.